The van der Waals surface area contributed by atoms with Gasteiger partial charge in [0.25, 0.3) is 0 Å². The molecule has 0 aromatic heterocycles. The number of hydrogen-bond acceptors (Lipinski definition) is 2. The molecule has 0 bridgehead atoms. The Bertz CT molecular complexity index is 27.0. The van der Waals surface area contributed by atoms with Crippen molar-refractivity contribution in [2.75, 3.05) is 0 Å². The minimum absolute atomic E-state index is 0. The summed E-state index contributed by atoms with van der Waals surface area (Å²) in [7, 11) is 0. The zero-order valence-corrected chi connectivity index (χ0v) is 4.44. The standard InChI is InChI=1S/O2Se.H2S/c1-3-2;/h;1H2. The summed E-state index contributed by atoms with van der Waals surface area (Å²) in [6, 6.07) is 0. The third-order valence-electron chi connectivity index (χ3n) is 0. The van der Waals surface area contributed by atoms with Crippen molar-refractivity contribution in [3.8, 4) is 0 Å². The van der Waals surface area contributed by atoms with Gasteiger partial charge in [0, 0.05) is 0 Å². The topological polar surface area (TPSA) is 34.1 Å². The molecule has 0 spiro atoms. The molecular weight excluding hydrogens is 143 g/mol. The first-order valence-electron chi connectivity index (χ1n) is 0.333. The fourth-order valence-corrected chi connectivity index (χ4v) is 0. The van der Waals surface area contributed by atoms with E-state index >= 15 is 0 Å². The largest absolute Gasteiger partial charge is 0.197 e. The van der Waals surface area contributed by atoms with Gasteiger partial charge in [-0.1, -0.05) is 0 Å². The Hall–Kier alpha value is 0.469. The van der Waals surface area contributed by atoms with E-state index < -0.39 is 14.8 Å². The van der Waals surface area contributed by atoms with Gasteiger partial charge in [0.15, 0.2) is 0 Å². The maximum absolute atomic E-state index is 8.44. The SMILES string of the molecule is O=[Se]=O.S. The molecule has 0 aromatic carbocycles. The zero-order valence-electron chi connectivity index (χ0n) is 1.72. The smallest absolute Gasteiger partial charge is 0.197 e. The van der Waals surface area contributed by atoms with E-state index in [0.717, 1.165) is 0 Å². The molecule has 0 unspecified atom stereocenters. The third kappa shape index (κ3) is 24.2. The summed E-state index contributed by atoms with van der Waals surface area (Å²) < 4.78 is 16.9. The van der Waals surface area contributed by atoms with E-state index in [1.807, 2.05) is 0 Å². The average molecular weight is 145 g/mol. The van der Waals surface area contributed by atoms with Crippen molar-refractivity contribution in [1.82, 2.24) is 0 Å². The molecule has 0 atom stereocenters. The van der Waals surface area contributed by atoms with Crippen LogP contribution in [0.5, 0.6) is 0 Å². The first kappa shape index (κ1) is 8.82. The first-order chi connectivity index (χ1) is 1.41. The van der Waals surface area contributed by atoms with E-state index in [0.29, 0.717) is 0 Å². The average Bonchev–Trinajstić information content (AvgIpc) is 0.918. The molecule has 0 aromatic rings. The van der Waals surface area contributed by atoms with Gasteiger partial charge in [-0.15, -0.1) is 0 Å². The third-order valence-corrected chi connectivity index (χ3v) is 0. The van der Waals surface area contributed by atoms with Gasteiger partial charge in [-0.2, -0.15) is 13.5 Å². The minimum atomic E-state index is -1.62. The summed E-state index contributed by atoms with van der Waals surface area (Å²) in [4.78, 5) is 0. The van der Waals surface area contributed by atoms with Gasteiger partial charge >= 0.3 is 22.5 Å². The van der Waals surface area contributed by atoms with E-state index in [1.54, 1.807) is 0 Å². The van der Waals surface area contributed by atoms with Crippen molar-refractivity contribution >= 4 is 28.3 Å². The van der Waals surface area contributed by atoms with Crippen molar-refractivity contribution in [2.24, 2.45) is 0 Å². The molecule has 0 fully saturated rings. The Balaban J connectivity index is 0. The maximum Gasteiger partial charge on any atom is -0.197 e. The molecule has 0 aliphatic carbocycles. The molecule has 0 radical (unpaired) electrons. The molecule has 0 aliphatic rings. The summed E-state index contributed by atoms with van der Waals surface area (Å²) in [5.41, 5.74) is 0. The van der Waals surface area contributed by atoms with Crippen LogP contribution in [0.25, 0.3) is 0 Å². The molecule has 0 saturated heterocycles. The van der Waals surface area contributed by atoms with Crippen molar-refractivity contribution in [1.29, 1.82) is 0 Å². The van der Waals surface area contributed by atoms with Crippen LogP contribution in [0.2, 0.25) is 0 Å². The van der Waals surface area contributed by atoms with Crippen LogP contribution in [-0.2, 0) is 7.67 Å². The van der Waals surface area contributed by atoms with Gasteiger partial charge in [-0.05, 0) is 0 Å². The second-order valence-electron chi connectivity index (χ2n) is 0.0680. The normalized spacial score (nSPS) is 3.00. The Morgan fingerprint density at radius 1 is 1.25 bits per heavy atom. The molecule has 0 aliphatic heterocycles. The van der Waals surface area contributed by atoms with Gasteiger partial charge in [0.1, 0.15) is 0 Å². The summed E-state index contributed by atoms with van der Waals surface area (Å²) in [6.07, 6.45) is 0. The molecule has 0 N–H and O–H groups in total. The quantitative estimate of drug-likeness (QED) is 0.430. The molecular formula is H2O2SSe. The molecule has 0 heterocycles. The minimum Gasteiger partial charge on any atom is -0.197 e. The van der Waals surface area contributed by atoms with Crippen LogP contribution < -0.4 is 0 Å². The van der Waals surface area contributed by atoms with Crippen LogP contribution in [0.1, 0.15) is 0 Å². The van der Waals surface area contributed by atoms with E-state index in [1.165, 1.54) is 0 Å². The second-order valence-corrected chi connectivity index (χ2v) is 0.354. The Labute approximate surface area is 36.6 Å². The summed E-state index contributed by atoms with van der Waals surface area (Å²) in [5.74, 6) is 0. The monoisotopic (exact) mass is 146 g/mol. The van der Waals surface area contributed by atoms with E-state index in [-0.39, 0.29) is 13.5 Å². The van der Waals surface area contributed by atoms with Gasteiger partial charge in [0.05, 0.1) is 0 Å². The Morgan fingerprint density at radius 3 is 1.25 bits per heavy atom. The van der Waals surface area contributed by atoms with Crippen LogP contribution in [0.4, 0.5) is 0 Å². The Kier molecular flexibility index (Phi) is 21.6. The summed E-state index contributed by atoms with van der Waals surface area (Å²) in [6.45, 7) is 0. The number of hydrogen-bond donors (Lipinski definition) is 0. The fraction of sp³-hybridized carbons (Fsp3) is 0. The van der Waals surface area contributed by atoms with Gasteiger partial charge in [-0.25, -0.2) is 0 Å². The molecule has 2 nitrogen and oxygen atoms in total. The molecule has 0 rings (SSSR count). The van der Waals surface area contributed by atoms with Crippen LogP contribution in [-0.4, -0.2) is 14.8 Å². The summed E-state index contributed by atoms with van der Waals surface area (Å²) >= 11 is -1.62. The van der Waals surface area contributed by atoms with Crippen LogP contribution in [0.3, 0.4) is 0 Å². The predicted octanol–water partition coefficient (Wildman–Crippen LogP) is -0.506. The molecule has 0 amide bonds. The van der Waals surface area contributed by atoms with Gasteiger partial charge in [0.2, 0.25) is 0 Å². The summed E-state index contributed by atoms with van der Waals surface area (Å²) in [5, 5.41) is 0. The van der Waals surface area contributed by atoms with E-state index in [2.05, 4.69) is 0 Å². The van der Waals surface area contributed by atoms with Gasteiger partial charge < -0.3 is 0 Å². The van der Waals surface area contributed by atoms with Crippen molar-refractivity contribution < 1.29 is 7.67 Å². The maximum atomic E-state index is 8.44. The zero-order chi connectivity index (χ0) is 2.71. The van der Waals surface area contributed by atoms with Crippen LogP contribution >= 0.6 is 13.5 Å². The van der Waals surface area contributed by atoms with Crippen molar-refractivity contribution in [3.63, 3.8) is 0 Å². The Morgan fingerprint density at radius 2 is 1.25 bits per heavy atom. The van der Waals surface area contributed by atoms with E-state index in [4.69, 9.17) is 7.67 Å². The fourth-order valence-electron chi connectivity index (χ4n) is 0. The predicted molar refractivity (Wildman–Crippen MR) is 17.5 cm³/mol. The molecule has 4 heteroatoms. The van der Waals surface area contributed by atoms with Crippen LogP contribution in [0, 0.1) is 0 Å². The second kappa shape index (κ2) is 9.80. The number of rotatable bonds is 0. The molecule has 4 heavy (non-hydrogen) atoms. The van der Waals surface area contributed by atoms with Crippen LogP contribution in [0.15, 0.2) is 0 Å². The molecule has 0 saturated carbocycles. The molecule has 26 valence electrons. The van der Waals surface area contributed by atoms with Gasteiger partial charge in [-0.3, -0.25) is 0 Å². The first-order valence-corrected chi connectivity index (χ1v) is 1.73. The van der Waals surface area contributed by atoms with E-state index in [9.17, 15) is 0 Å². The van der Waals surface area contributed by atoms with Crippen molar-refractivity contribution in [3.05, 3.63) is 0 Å². The van der Waals surface area contributed by atoms with Crippen molar-refractivity contribution in [2.45, 2.75) is 0 Å².